The van der Waals surface area contributed by atoms with Gasteiger partial charge >= 0.3 is 0 Å². The van der Waals surface area contributed by atoms with Gasteiger partial charge in [0.25, 0.3) is 0 Å². The first-order valence-corrected chi connectivity index (χ1v) is 9.36. The van der Waals surface area contributed by atoms with Crippen molar-refractivity contribution in [1.82, 2.24) is 4.31 Å². The van der Waals surface area contributed by atoms with E-state index in [9.17, 15) is 18.3 Å². The number of hydrogen-bond donors (Lipinski definition) is 1. The summed E-state index contributed by atoms with van der Waals surface area (Å²) in [6.45, 7) is 1.44. The topological polar surface area (TPSA) is 74.7 Å². The fourth-order valence-electron chi connectivity index (χ4n) is 3.56. The smallest absolute Gasteiger partial charge is 0.243 e. The van der Waals surface area contributed by atoms with Crippen LogP contribution in [-0.4, -0.2) is 35.7 Å². The van der Waals surface area contributed by atoms with Crippen molar-refractivity contribution in [2.75, 3.05) is 0 Å². The van der Waals surface area contributed by atoms with Crippen LogP contribution in [0.3, 0.4) is 0 Å². The second-order valence-electron chi connectivity index (χ2n) is 6.02. The van der Waals surface area contributed by atoms with Crippen molar-refractivity contribution in [1.29, 1.82) is 0 Å². The number of aliphatic hydroxyl groups is 1. The number of hydrogen-bond acceptors (Lipinski definition) is 4. The van der Waals surface area contributed by atoms with Crippen molar-refractivity contribution in [3.05, 3.63) is 40.6 Å². The van der Waals surface area contributed by atoms with E-state index in [-0.39, 0.29) is 34.5 Å². The van der Waals surface area contributed by atoms with Gasteiger partial charge in [-0.3, -0.25) is 4.79 Å². The van der Waals surface area contributed by atoms with Gasteiger partial charge in [0.15, 0.2) is 5.78 Å². The molecular formula is C16H18ClNO4S. The van der Waals surface area contributed by atoms with Crippen molar-refractivity contribution in [3.63, 3.8) is 0 Å². The number of nitrogens with zero attached hydrogens (tertiary/aromatic N) is 1. The molecule has 2 unspecified atom stereocenters. The Morgan fingerprint density at radius 2 is 1.91 bits per heavy atom. The lowest BCUT2D eigenvalue weighted by Gasteiger charge is -2.45. The monoisotopic (exact) mass is 355 g/mol. The van der Waals surface area contributed by atoms with Crippen LogP contribution >= 0.6 is 11.6 Å². The van der Waals surface area contributed by atoms with Gasteiger partial charge in [-0.25, -0.2) is 8.42 Å². The predicted octanol–water partition coefficient (Wildman–Crippen LogP) is 3.06. The van der Waals surface area contributed by atoms with Crippen LogP contribution in [0.4, 0.5) is 0 Å². The predicted molar refractivity (Wildman–Crippen MR) is 86.9 cm³/mol. The van der Waals surface area contributed by atoms with E-state index in [0.29, 0.717) is 17.9 Å². The highest BCUT2D eigenvalue weighted by Crippen LogP contribution is 2.40. The maximum Gasteiger partial charge on any atom is 0.243 e. The lowest BCUT2D eigenvalue weighted by atomic mass is 9.82. The highest BCUT2D eigenvalue weighted by Gasteiger charge is 2.48. The zero-order chi connectivity index (χ0) is 16.8. The molecule has 2 aliphatic rings. The first kappa shape index (κ1) is 16.5. The zero-order valence-corrected chi connectivity index (χ0v) is 14.3. The van der Waals surface area contributed by atoms with E-state index in [1.54, 1.807) is 0 Å². The number of carbonyl (C=O) groups excluding carboxylic acids is 1. The van der Waals surface area contributed by atoms with Crippen LogP contribution in [-0.2, 0) is 14.8 Å². The molecule has 3 rings (SSSR count). The molecule has 0 spiro atoms. The van der Waals surface area contributed by atoms with Gasteiger partial charge in [-0.15, -0.1) is 0 Å². The Kier molecular flexibility index (Phi) is 4.25. The van der Waals surface area contributed by atoms with Crippen LogP contribution in [0.2, 0.25) is 5.02 Å². The summed E-state index contributed by atoms with van der Waals surface area (Å²) in [6, 6.07) is 5.09. The first-order valence-electron chi connectivity index (χ1n) is 7.54. The van der Waals surface area contributed by atoms with Crippen molar-refractivity contribution in [3.8, 4) is 0 Å². The molecule has 5 nitrogen and oxygen atoms in total. The molecule has 0 aromatic heterocycles. The van der Waals surface area contributed by atoms with E-state index in [0.717, 1.165) is 6.42 Å². The third-order valence-corrected chi connectivity index (χ3v) is 6.74. The lowest BCUT2D eigenvalue weighted by molar-refractivity contribution is -0.119. The van der Waals surface area contributed by atoms with Crippen LogP contribution in [0, 0.1) is 0 Å². The van der Waals surface area contributed by atoms with Crippen molar-refractivity contribution >= 4 is 27.4 Å². The molecule has 0 aliphatic carbocycles. The van der Waals surface area contributed by atoms with E-state index < -0.39 is 16.1 Å². The molecule has 2 saturated heterocycles. The largest absolute Gasteiger partial charge is 0.512 e. The number of ketones is 1. The van der Waals surface area contributed by atoms with Gasteiger partial charge in [0, 0.05) is 17.5 Å². The van der Waals surface area contributed by atoms with Crippen LogP contribution in [0.5, 0.6) is 0 Å². The third-order valence-electron chi connectivity index (χ3n) is 4.52. The molecule has 2 heterocycles. The summed E-state index contributed by atoms with van der Waals surface area (Å²) in [5.41, 5.74) is 0.235. The summed E-state index contributed by atoms with van der Waals surface area (Å²) in [5, 5.41) is 10.3. The number of Topliss-reactive ketones (excluding diaryl/α,β-unsaturated/α-hetero) is 1. The Hall–Kier alpha value is -1.37. The summed E-state index contributed by atoms with van der Waals surface area (Å²) >= 11 is 5.83. The number of piperidine rings is 2. The molecule has 1 aromatic carbocycles. The number of halogens is 1. The Bertz CT molecular complexity index is 766. The normalized spacial score (nSPS) is 27.8. The van der Waals surface area contributed by atoms with Crippen molar-refractivity contribution in [2.45, 2.75) is 49.6 Å². The summed E-state index contributed by atoms with van der Waals surface area (Å²) < 4.78 is 27.5. The van der Waals surface area contributed by atoms with Crippen LogP contribution in [0.15, 0.2) is 40.5 Å². The van der Waals surface area contributed by atoms with Gasteiger partial charge in [0.2, 0.25) is 10.0 Å². The average Bonchev–Trinajstić information content (AvgIpc) is 2.46. The Labute approximate surface area is 140 Å². The molecule has 2 fully saturated rings. The second-order valence-corrected chi connectivity index (χ2v) is 8.30. The number of allylic oxidation sites excluding steroid dienone is 1. The van der Waals surface area contributed by atoms with Crippen LogP contribution in [0.1, 0.15) is 32.6 Å². The molecule has 0 amide bonds. The highest BCUT2D eigenvalue weighted by atomic mass is 35.5. The SMILES string of the molecule is CC(O)=C1C(=O)CC2CCCC1N2S(=O)(=O)c1ccc(Cl)cc1. The number of aliphatic hydroxyl groups excluding tert-OH is 1. The second kappa shape index (κ2) is 5.92. The Morgan fingerprint density at radius 3 is 2.52 bits per heavy atom. The lowest BCUT2D eigenvalue weighted by Crippen LogP contribution is -2.56. The first-order chi connectivity index (χ1) is 10.8. The minimum Gasteiger partial charge on any atom is -0.512 e. The van der Waals surface area contributed by atoms with E-state index in [2.05, 4.69) is 0 Å². The maximum atomic E-state index is 13.1. The van der Waals surface area contributed by atoms with Crippen molar-refractivity contribution < 1.29 is 18.3 Å². The molecule has 7 heteroatoms. The molecular weight excluding hydrogens is 338 g/mol. The number of rotatable bonds is 2. The molecule has 0 saturated carbocycles. The Morgan fingerprint density at radius 1 is 1.26 bits per heavy atom. The number of carbonyl (C=O) groups is 1. The Balaban J connectivity index is 2.09. The van der Waals surface area contributed by atoms with Gasteiger partial charge in [-0.05, 0) is 50.5 Å². The molecule has 2 bridgehead atoms. The van der Waals surface area contributed by atoms with Crippen LogP contribution in [0.25, 0.3) is 0 Å². The fraction of sp³-hybridized carbons (Fsp3) is 0.438. The van der Waals surface area contributed by atoms with Gasteiger partial charge in [0.05, 0.1) is 22.3 Å². The highest BCUT2D eigenvalue weighted by molar-refractivity contribution is 7.89. The molecule has 1 aromatic rings. The maximum absolute atomic E-state index is 13.1. The molecule has 0 radical (unpaired) electrons. The zero-order valence-electron chi connectivity index (χ0n) is 12.7. The standard InChI is InChI=1S/C16H18ClNO4S/c1-10(19)16-14-4-2-3-12(9-15(16)20)18(14)23(21,22)13-7-5-11(17)6-8-13/h5-8,12,14,19H,2-4,9H2,1H3. The van der Waals surface area contributed by atoms with E-state index >= 15 is 0 Å². The summed E-state index contributed by atoms with van der Waals surface area (Å²) in [7, 11) is -3.75. The average molecular weight is 356 g/mol. The summed E-state index contributed by atoms with van der Waals surface area (Å²) in [5.74, 6) is -0.237. The van der Waals surface area contributed by atoms with Gasteiger partial charge in [-0.1, -0.05) is 11.6 Å². The minimum absolute atomic E-state index is 0.0864. The number of fused-ring (bicyclic) bond motifs is 2. The van der Waals surface area contributed by atoms with Gasteiger partial charge < -0.3 is 5.11 Å². The number of sulfonamides is 1. The molecule has 2 atom stereocenters. The van der Waals surface area contributed by atoms with Gasteiger partial charge in [0.1, 0.15) is 0 Å². The number of benzene rings is 1. The van der Waals surface area contributed by atoms with E-state index in [1.807, 2.05) is 0 Å². The van der Waals surface area contributed by atoms with Gasteiger partial charge in [-0.2, -0.15) is 4.31 Å². The van der Waals surface area contributed by atoms with Crippen LogP contribution < -0.4 is 0 Å². The van der Waals surface area contributed by atoms with E-state index in [4.69, 9.17) is 11.6 Å². The molecule has 23 heavy (non-hydrogen) atoms. The molecule has 1 N–H and O–H groups in total. The summed E-state index contributed by atoms with van der Waals surface area (Å²) in [4.78, 5) is 12.4. The molecule has 2 aliphatic heterocycles. The third kappa shape index (κ3) is 2.79. The minimum atomic E-state index is -3.75. The molecule has 124 valence electrons. The van der Waals surface area contributed by atoms with E-state index in [1.165, 1.54) is 35.5 Å². The van der Waals surface area contributed by atoms with Crippen molar-refractivity contribution in [2.24, 2.45) is 0 Å². The summed E-state index contributed by atoms with van der Waals surface area (Å²) in [6.07, 6.45) is 2.16. The quantitative estimate of drug-likeness (QED) is 0.653. The fourth-order valence-corrected chi connectivity index (χ4v) is 5.53.